The third kappa shape index (κ3) is 2.40. The first-order valence-corrected chi connectivity index (χ1v) is 5.22. The zero-order valence-corrected chi connectivity index (χ0v) is 10.0. The Hall–Kier alpha value is -1.39. The molecule has 0 fully saturated rings. The number of nitrogens with zero attached hydrogens (tertiary/aromatic N) is 1. The van der Waals surface area contributed by atoms with Crippen LogP contribution in [0.2, 0.25) is 0 Å². The summed E-state index contributed by atoms with van der Waals surface area (Å²) in [7, 11) is 5.58. The Kier molecular flexibility index (Phi) is 4.04. The molecule has 0 saturated heterocycles. The van der Waals surface area contributed by atoms with Crippen molar-refractivity contribution in [1.29, 1.82) is 0 Å². The minimum atomic E-state index is -0.829. The molecular weight excluding hydrogens is 202 g/mol. The highest BCUT2D eigenvalue weighted by Crippen LogP contribution is 2.21. The number of nitrogens with one attached hydrogen (secondary N) is 1. The summed E-state index contributed by atoms with van der Waals surface area (Å²) in [6.45, 7) is 0.531. The van der Waals surface area contributed by atoms with Gasteiger partial charge in [-0.2, -0.15) is 0 Å². The van der Waals surface area contributed by atoms with Crippen molar-refractivity contribution in [2.45, 2.75) is 5.54 Å². The van der Waals surface area contributed by atoms with Crippen molar-refractivity contribution >= 4 is 5.91 Å². The molecule has 0 aliphatic heterocycles. The minimum absolute atomic E-state index is 0.366. The minimum Gasteiger partial charge on any atom is -0.368 e. The van der Waals surface area contributed by atoms with Crippen LogP contribution in [0.15, 0.2) is 30.3 Å². The van der Waals surface area contributed by atoms with Crippen molar-refractivity contribution in [1.82, 2.24) is 10.2 Å². The van der Waals surface area contributed by atoms with Gasteiger partial charge in [0.25, 0.3) is 0 Å². The number of likely N-dealkylation sites (N-methyl/N-ethyl adjacent to an activating group) is 2. The summed E-state index contributed by atoms with van der Waals surface area (Å²) in [5, 5.41) is 3.05. The lowest BCUT2D eigenvalue weighted by Crippen LogP contribution is -2.56. The van der Waals surface area contributed by atoms with E-state index in [-0.39, 0.29) is 5.91 Å². The van der Waals surface area contributed by atoms with Crippen LogP contribution < -0.4 is 11.1 Å². The van der Waals surface area contributed by atoms with E-state index < -0.39 is 5.54 Å². The van der Waals surface area contributed by atoms with Crippen LogP contribution in [0.1, 0.15) is 5.56 Å². The second-order valence-corrected chi connectivity index (χ2v) is 4.12. The SMILES string of the molecule is CNC(CN(C)C)(C(N)=O)c1ccccc1. The van der Waals surface area contributed by atoms with E-state index in [9.17, 15) is 4.79 Å². The fourth-order valence-corrected chi connectivity index (χ4v) is 1.86. The van der Waals surface area contributed by atoms with Crippen LogP contribution >= 0.6 is 0 Å². The van der Waals surface area contributed by atoms with Crippen LogP contribution in [0.4, 0.5) is 0 Å². The molecule has 0 aromatic heterocycles. The van der Waals surface area contributed by atoms with Gasteiger partial charge in [0.15, 0.2) is 0 Å². The number of hydrogen-bond acceptors (Lipinski definition) is 3. The molecule has 1 aromatic carbocycles. The van der Waals surface area contributed by atoms with Crippen LogP contribution in [0, 0.1) is 0 Å². The Morgan fingerprint density at radius 1 is 1.38 bits per heavy atom. The molecule has 4 nitrogen and oxygen atoms in total. The predicted molar refractivity (Wildman–Crippen MR) is 64.9 cm³/mol. The molecule has 0 radical (unpaired) electrons. The number of primary amides is 1. The van der Waals surface area contributed by atoms with Gasteiger partial charge in [-0.1, -0.05) is 30.3 Å². The van der Waals surface area contributed by atoms with E-state index in [0.717, 1.165) is 5.56 Å². The first-order valence-electron chi connectivity index (χ1n) is 5.22. The summed E-state index contributed by atoms with van der Waals surface area (Å²) >= 11 is 0. The van der Waals surface area contributed by atoms with Crippen LogP contribution in [0.3, 0.4) is 0 Å². The lowest BCUT2D eigenvalue weighted by atomic mass is 9.88. The monoisotopic (exact) mass is 221 g/mol. The quantitative estimate of drug-likeness (QED) is 0.744. The Labute approximate surface area is 96.4 Å². The van der Waals surface area contributed by atoms with Gasteiger partial charge >= 0.3 is 0 Å². The molecule has 0 heterocycles. The summed E-state index contributed by atoms with van der Waals surface area (Å²) in [6.07, 6.45) is 0. The number of carbonyl (C=O) groups is 1. The van der Waals surface area contributed by atoms with E-state index in [1.54, 1.807) is 7.05 Å². The van der Waals surface area contributed by atoms with Gasteiger partial charge in [-0.3, -0.25) is 4.79 Å². The van der Waals surface area contributed by atoms with Crippen molar-refractivity contribution in [2.75, 3.05) is 27.7 Å². The summed E-state index contributed by atoms with van der Waals surface area (Å²) in [5.41, 5.74) is 5.59. The van der Waals surface area contributed by atoms with Gasteiger partial charge in [-0.25, -0.2) is 0 Å². The van der Waals surface area contributed by atoms with Crippen LogP contribution in [-0.2, 0) is 10.3 Å². The van der Waals surface area contributed by atoms with Gasteiger partial charge in [0, 0.05) is 6.54 Å². The first-order chi connectivity index (χ1) is 7.53. The molecule has 4 heteroatoms. The molecule has 0 aliphatic carbocycles. The lowest BCUT2D eigenvalue weighted by molar-refractivity contribution is -0.125. The average Bonchev–Trinajstić information content (AvgIpc) is 2.26. The average molecular weight is 221 g/mol. The number of rotatable bonds is 5. The second-order valence-electron chi connectivity index (χ2n) is 4.12. The van der Waals surface area contributed by atoms with Gasteiger partial charge in [0.2, 0.25) is 5.91 Å². The molecule has 1 amide bonds. The standard InChI is InChI=1S/C12H19N3O/c1-14-12(11(13)16,9-15(2)3)10-7-5-4-6-8-10/h4-8,14H,9H2,1-3H3,(H2,13,16). The smallest absolute Gasteiger partial charge is 0.243 e. The van der Waals surface area contributed by atoms with Gasteiger partial charge < -0.3 is 16.0 Å². The maximum atomic E-state index is 11.7. The number of hydrogen-bond donors (Lipinski definition) is 2. The van der Waals surface area contributed by atoms with E-state index >= 15 is 0 Å². The molecule has 0 aliphatic rings. The molecule has 1 atom stereocenters. The molecule has 1 unspecified atom stereocenters. The first kappa shape index (κ1) is 12.7. The molecule has 1 aromatic rings. The van der Waals surface area contributed by atoms with E-state index in [1.807, 2.05) is 49.3 Å². The third-order valence-electron chi connectivity index (χ3n) is 2.67. The summed E-state index contributed by atoms with van der Waals surface area (Å²) < 4.78 is 0. The maximum absolute atomic E-state index is 11.7. The fraction of sp³-hybridized carbons (Fsp3) is 0.417. The molecule has 0 bridgehead atoms. The summed E-state index contributed by atoms with van der Waals surface area (Å²) in [6, 6.07) is 9.54. The lowest BCUT2D eigenvalue weighted by Gasteiger charge is -2.33. The molecule has 0 saturated carbocycles. The molecule has 16 heavy (non-hydrogen) atoms. The predicted octanol–water partition coefficient (Wildman–Crippen LogP) is 0.148. The van der Waals surface area contributed by atoms with E-state index in [2.05, 4.69) is 5.32 Å². The zero-order valence-electron chi connectivity index (χ0n) is 10.0. The maximum Gasteiger partial charge on any atom is 0.243 e. The van der Waals surface area contributed by atoms with Gasteiger partial charge in [-0.15, -0.1) is 0 Å². The molecular formula is C12H19N3O. The normalized spacial score (nSPS) is 14.8. The Morgan fingerprint density at radius 3 is 2.31 bits per heavy atom. The van der Waals surface area contributed by atoms with Crippen molar-refractivity contribution < 1.29 is 4.79 Å². The Balaban J connectivity index is 3.18. The van der Waals surface area contributed by atoms with Crippen molar-refractivity contribution in [3.63, 3.8) is 0 Å². The highest BCUT2D eigenvalue weighted by molar-refractivity contribution is 5.86. The molecule has 1 rings (SSSR count). The Bertz CT molecular complexity index is 351. The van der Waals surface area contributed by atoms with Gasteiger partial charge in [-0.05, 0) is 26.7 Å². The number of carbonyl (C=O) groups excluding carboxylic acids is 1. The van der Waals surface area contributed by atoms with Gasteiger partial charge in [0.1, 0.15) is 5.54 Å². The van der Waals surface area contributed by atoms with Crippen molar-refractivity contribution in [3.8, 4) is 0 Å². The number of nitrogens with two attached hydrogens (primary N) is 1. The third-order valence-corrected chi connectivity index (χ3v) is 2.67. The van der Waals surface area contributed by atoms with Crippen molar-refractivity contribution in [2.24, 2.45) is 5.73 Å². The van der Waals surface area contributed by atoms with Crippen LogP contribution in [0.25, 0.3) is 0 Å². The molecule has 3 N–H and O–H groups in total. The van der Waals surface area contributed by atoms with Crippen LogP contribution in [-0.4, -0.2) is 38.5 Å². The Morgan fingerprint density at radius 2 is 1.94 bits per heavy atom. The van der Waals surface area contributed by atoms with Crippen molar-refractivity contribution in [3.05, 3.63) is 35.9 Å². The number of amides is 1. The van der Waals surface area contributed by atoms with E-state index in [1.165, 1.54) is 0 Å². The summed E-state index contributed by atoms with van der Waals surface area (Å²) in [5.74, 6) is -0.366. The largest absolute Gasteiger partial charge is 0.368 e. The number of benzene rings is 1. The fourth-order valence-electron chi connectivity index (χ4n) is 1.86. The van der Waals surface area contributed by atoms with Gasteiger partial charge in [0.05, 0.1) is 0 Å². The van der Waals surface area contributed by atoms with E-state index in [0.29, 0.717) is 6.54 Å². The highest BCUT2D eigenvalue weighted by atomic mass is 16.1. The molecule has 88 valence electrons. The molecule has 0 spiro atoms. The zero-order chi connectivity index (χ0) is 12.2. The summed E-state index contributed by atoms with van der Waals surface area (Å²) in [4.78, 5) is 13.7. The van der Waals surface area contributed by atoms with E-state index in [4.69, 9.17) is 5.73 Å². The highest BCUT2D eigenvalue weighted by Gasteiger charge is 2.37. The topological polar surface area (TPSA) is 58.4 Å². The second kappa shape index (κ2) is 5.09. The van der Waals surface area contributed by atoms with Crippen LogP contribution in [0.5, 0.6) is 0 Å².